The van der Waals surface area contributed by atoms with Crippen molar-refractivity contribution in [3.63, 3.8) is 0 Å². The zero-order chi connectivity index (χ0) is 94.0. The average molecular weight is 1610 g/mol. The Kier molecular flexibility index (Phi) is 173. The highest BCUT2D eigenvalue weighted by atomic mass is 16.5. The topological polar surface area (TPSA) is 38.7 Å². The number of aliphatic hydroxyl groups is 1. The van der Waals surface area contributed by atoms with Crippen LogP contribution in [0.15, 0.2) is 0 Å². The molecule has 2 unspecified atom stereocenters. The minimum atomic E-state index is -0.0833. The molecule has 1 aliphatic heterocycles. The summed E-state index contributed by atoms with van der Waals surface area (Å²) in [5.41, 5.74) is 1.82. The SMILES string of the molecule is CC(C)C1CC(C(C)C)C1.CC(C)CC(C)(C)C(C)C.CC(C)CC(C)C(C)C.CC(C)CC(O)CC(C)C.CC(C)CC1(C(C)C)CC1.CC(C)CC1(C(C)C)COC1.CCC.CCC.CCC.CCC.CCC.CCC.CCC.CCC.CCC.CCC.CCC.CCC.CCC.CCC.COC(CC(C)C)C(C)C. The lowest BCUT2D eigenvalue weighted by molar-refractivity contribution is -0.148. The van der Waals surface area contributed by atoms with Crippen molar-refractivity contribution in [3.8, 4) is 0 Å². The quantitative estimate of drug-likeness (QED) is 0.117. The minimum Gasteiger partial charge on any atom is -0.393 e. The molecular weight excluding hydrogens is 1360 g/mol. The highest BCUT2D eigenvalue weighted by molar-refractivity contribution is 4.95. The predicted octanol–water partition coefficient (Wildman–Crippen LogP) is 41.5. The second-order valence-electron chi connectivity index (χ2n) is 39.8. The highest BCUT2D eigenvalue weighted by Gasteiger charge is 2.45. The molecule has 0 aromatic heterocycles. The van der Waals surface area contributed by atoms with E-state index in [0.29, 0.717) is 34.7 Å². The molecule has 0 aromatic carbocycles. The van der Waals surface area contributed by atoms with Crippen molar-refractivity contribution < 1.29 is 14.6 Å². The van der Waals surface area contributed by atoms with Crippen LogP contribution < -0.4 is 0 Å². The highest BCUT2D eigenvalue weighted by Crippen LogP contribution is 2.56. The summed E-state index contributed by atoms with van der Waals surface area (Å²) in [5, 5.41) is 9.39. The first-order valence-electron chi connectivity index (χ1n) is 50.3. The molecule has 2 saturated carbocycles. The van der Waals surface area contributed by atoms with Gasteiger partial charge in [-0.3, -0.25) is 0 Å². The molecule has 1 saturated heterocycles. The van der Waals surface area contributed by atoms with Crippen LogP contribution in [0.4, 0.5) is 0 Å². The van der Waals surface area contributed by atoms with Gasteiger partial charge in [0.25, 0.3) is 0 Å². The Morgan fingerprint density at radius 2 is 0.536 bits per heavy atom. The molecule has 112 heavy (non-hydrogen) atoms. The Bertz CT molecular complexity index is 1270. The fourth-order valence-electron chi connectivity index (χ4n) is 10.2. The van der Waals surface area contributed by atoms with E-state index in [1.54, 1.807) is 7.11 Å². The fraction of sp³-hybridized carbons (Fsp3) is 1.00. The molecule has 2 aliphatic carbocycles. The van der Waals surface area contributed by atoms with Crippen LogP contribution in [0.2, 0.25) is 0 Å². The summed E-state index contributed by atoms with van der Waals surface area (Å²) >= 11 is 0. The molecule has 0 radical (unpaired) electrons. The summed E-state index contributed by atoms with van der Waals surface area (Å²) in [7, 11) is 1.80. The number of hydrogen-bond donors (Lipinski definition) is 1. The van der Waals surface area contributed by atoms with Gasteiger partial charge in [-0.15, -0.1) is 0 Å². The van der Waals surface area contributed by atoms with Crippen molar-refractivity contribution >= 4 is 0 Å². The number of ether oxygens (including phenoxy) is 2. The molecule has 1 heterocycles. The van der Waals surface area contributed by atoms with Crippen molar-refractivity contribution in [1.82, 2.24) is 0 Å². The summed E-state index contributed by atoms with van der Waals surface area (Å²) in [4.78, 5) is 0. The number of methoxy groups -OCH3 is 1. The van der Waals surface area contributed by atoms with Gasteiger partial charge in [0.15, 0.2) is 0 Å². The Morgan fingerprint density at radius 1 is 0.312 bits per heavy atom. The van der Waals surface area contributed by atoms with Crippen molar-refractivity contribution in [2.75, 3.05) is 20.3 Å². The standard InChI is InChI=1S/C10H20O.2C10H20.C10H22.2C9H20O.C9H20.14C3H8/c1-8(2)5-10(9(3)4)6-11-7-10;1-7(2)9-5-10(6-9)8(3)4;1-8(2)7-10(5-6-10)9(3)4;1-8(2)7-10(5,6)9(3)4;1-7(2)6-9(10-5)8(3)4;1-7(2)5-9(10)6-8(3)4;1-7(2)6-9(5)8(3)4;14*1-3-2/h8-9H,5-7H2,1-4H3;7-10H,5-6H2,1-4H3;8-9H,5-7H2,1-4H3;8-9H,7H2,1-6H3;7-9H,6H2,1-5H3;7-10H,5-6H2,1-4H3;7-9H,6H2,1-5H3;14*3H2,1-2H3. The van der Waals surface area contributed by atoms with Gasteiger partial charge < -0.3 is 14.6 Å². The molecular formula is C109H254O3. The van der Waals surface area contributed by atoms with Gasteiger partial charge in [-0.05, 0) is 182 Å². The molecule has 708 valence electrons. The molecule has 3 rings (SSSR count). The van der Waals surface area contributed by atoms with Crippen LogP contribution in [-0.2, 0) is 9.47 Å². The van der Waals surface area contributed by atoms with Crippen LogP contribution in [0.3, 0.4) is 0 Å². The monoisotopic (exact) mass is 1610 g/mol. The minimum absolute atomic E-state index is 0.0833. The summed E-state index contributed by atoms with van der Waals surface area (Å²) in [6, 6.07) is 0. The number of aliphatic hydroxyl groups excluding tert-OH is 1. The summed E-state index contributed by atoms with van der Waals surface area (Å²) in [5.74, 6) is 14.2. The Balaban J connectivity index is -0.0000000531. The van der Waals surface area contributed by atoms with Crippen LogP contribution in [0.5, 0.6) is 0 Å². The summed E-state index contributed by atoms with van der Waals surface area (Å²) < 4.78 is 10.6. The third kappa shape index (κ3) is 169. The zero-order valence-electron chi connectivity index (χ0n) is 92.8. The molecule has 0 aromatic rings. The van der Waals surface area contributed by atoms with Crippen molar-refractivity contribution in [3.05, 3.63) is 0 Å². The van der Waals surface area contributed by atoms with Crippen molar-refractivity contribution in [2.45, 2.75) is 581 Å². The van der Waals surface area contributed by atoms with Gasteiger partial charge in [0, 0.05) is 12.5 Å². The Labute approximate surface area is 728 Å². The van der Waals surface area contributed by atoms with E-state index in [4.69, 9.17) is 9.47 Å². The van der Waals surface area contributed by atoms with E-state index in [0.717, 1.165) is 114 Å². The van der Waals surface area contributed by atoms with Gasteiger partial charge >= 0.3 is 0 Å². The molecule has 0 spiro atoms. The van der Waals surface area contributed by atoms with Crippen LogP contribution in [0.1, 0.15) is 569 Å². The maximum absolute atomic E-state index is 9.39. The second kappa shape index (κ2) is 124. The van der Waals surface area contributed by atoms with E-state index in [9.17, 15) is 5.11 Å². The molecule has 3 nitrogen and oxygen atoms in total. The molecule has 3 aliphatic rings. The van der Waals surface area contributed by atoms with Crippen LogP contribution in [0.25, 0.3) is 0 Å². The normalized spacial score (nSPS) is 14.1. The molecule has 2 atom stereocenters. The lowest BCUT2D eigenvalue weighted by Crippen LogP contribution is -2.47. The molecule has 0 bridgehead atoms. The number of hydrogen-bond acceptors (Lipinski definition) is 3. The first-order valence-corrected chi connectivity index (χ1v) is 50.3. The summed E-state index contributed by atoms with van der Waals surface area (Å²) in [6.07, 6.45) is 32.4. The third-order valence-corrected chi connectivity index (χ3v) is 16.6. The second-order valence-corrected chi connectivity index (χ2v) is 39.8. The average Bonchev–Trinajstić information content (AvgIpc) is 1.55. The smallest absolute Gasteiger partial charge is 0.0596 e. The van der Waals surface area contributed by atoms with E-state index in [-0.39, 0.29) is 6.10 Å². The van der Waals surface area contributed by atoms with Gasteiger partial charge in [0.05, 0.1) is 25.4 Å². The first kappa shape index (κ1) is 156. The van der Waals surface area contributed by atoms with E-state index in [1.807, 2.05) is 0 Å². The van der Waals surface area contributed by atoms with E-state index in [2.05, 4.69) is 409 Å². The Hall–Kier alpha value is -0.120. The van der Waals surface area contributed by atoms with Gasteiger partial charge in [0.2, 0.25) is 0 Å². The molecule has 3 fully saturated rings. The van der Waals surface area contributed by atoms with Crippen molar-refractivity contribution in [2.24, 2.45) is 117 Å². The van der Waals surface area contributed by atoms with Crippen molar-refractivity contribution in [1.29, 1.82) is 0 Å². The number of rotatable bonds is 22. The fourth-order valence-corrected chi connectivity index (χ4v) is 10.2. The lowest BCUT2D eigenvalue weighted by Gasteiger charge is -2.46. The van der Waals surface area contributed by atoms with Gasteiger partial charge in [0.1, 0.15) is 0 Å². The van der Waals surface area contributed by atoms with Crippen LogP contribution in [0, 0.1) is 117 Å². The maximum Gasteiger partial charge on any atom is 0.0596 e. The van der Waals surface area contributed by atoms with E-state index < -0.39 is 0 Å². The van der Waals surface area contributed by atoms with Gasteiger partial charge in [-0.25, -0.2) is 0 Å². The van der Waals surface area contributed by atoms with E-state index in [1.165, 1.54) is 148 Å². The van der Waals surface area contributed by atoms with E-state index >= 15 is 0 Å². The third-order valence-electron chi connectivity index (χ3n) is 16.6. The van der Waals surface area contributed by atoms with Crippen LogP contribution >= 0.6 is 0 Å². The summed E-state index contributed by atoms with van der Waals surface area (Å²) in [6.45, 7) is 132. The molecule has 0 amide bonds. The van der Waals surface area contributed by atoms with Crippen LogP contribution in [-0.4, -0.2) is 37.6 Å². The van der Waals surface area contributed by atoms with Gasteiger partial charge in [-0.2, -0.15) is 0 Å². The largest absolute Gasteiger partial charge is 0.393 e. The lowest BCUT2D eigenvalue weighted by atomic mass is 9.65. The zero-order valence-corrected chi connectivity index (χ0v) is 92.8. The maximum atomic E-state index is 9.39. The van der Waals surface area contributed by atoms with Gasteiger partial charge in [-0.1, -0.05) is 498 Å². The Morgan fingerprint density at radius 3 is 0.616 bits per heavy atom. The molecule has 3 heteroatoms. The molecule has 1 N–H and O–H groups in total. The first-order chi connectivity index (χ1) is 51.5. The predicted molar refractivity (Wildman–Crippen MR) is 544 cm³/mol.